The minimum atomic E-state index is -0.295. The normalized spacial score (nSPS) is 15.1. The summed E-state index contributed by atoms with van der Waals surface area (Å²) in [6.07, 6.45) is 5.33. The minimum Gasteiger partial charge on any atom is -0.483 e. The van der Waals surface area contributed by atoms with Crippen LogP contribution in [0.3, 0.4) is 0 Å². The van der Waals surface area contributed by atoms with Gasteiger partial charge < -0.3 is 24.4 Å². The first-order chi connectivity index (χ1) is 15.2. The fourth-order valence-corrected chi connectivity index (χ4v) is 3.90. The fraction of sp³-hybridized carbons (Fsp3) is 0.591. The summed E-state index contributed by atoms with van der Waals surface area (Å²) in [6, 6.07) is -0.295. The molecule has 0 aliphatic carbocycles. The summed E-state index contributed by atoms with van der Waals surface area (Å²) in [5.41, 5.74) is 1.21. The van der Waals surface area contributed by atoms with Crippen molar-refractivity contribution in [2.45, 2.75) is 59.4 Å². The molecule has 0 spiro atoms. The summed E-state index contributed by atoms with van der Waals surface area (Å²) in [4.78, 5) is 39.9. The molecular formula is C22H33N5O5. The lowest BCUT2D eigenvalue weighted by Crippen LogP contribution is -2.42. The predicted molar refractivity (Wildman–Crippen MR) is 117 cm³/mol. The number of aryl methyl sites for hydroxylation is 2. The van der Waals surface area contributed by atoms with Crippen molar-refractivity contribution in [3.8, 4) is 0 Å². The van der Waals surface area contributed by atoms with E-state index in [4.69, 9.17) is 14.4 Å². The van der Waals surface area contributed by atoms with E-state index in [2.05, 4.69) is 29.3 Å². The summed E-state index contributed by atoms with van der Waals surface area (Å²) >= 11 is 0. The van der Waals surface area contributed by atoms with E-state index >= 15 is 0 Å². The van der Waals surface area contributed by atoms with Gasteiger partial charge in [0.1, 0.15) is 23.2 Å². The number of carboxylic acid groups (broad SMARTS) is 1. The van der Waals surface area contributed by atoms with Crippen LogP contribution < -0.4 is 5.32 Å². The standard InChI is InChI=1S/C21H31N5O3.CH2O2/c1-13(2)19-22-8-11-26(19)15(4)20(27)23-12-17-6-9-25(10-7-17)21(28)18-14(3)24-29-16(18)5;2-1-3/h8,11,13,15,17H,6-7,9-10,12H2,1-5H3,(H,23,27);1H,(H,2,3). The SMILES string of the molecule is Cc1noc(C)c1C(=O)N1CCC(CNC(=O)C(C)n2ccnc2C(C)C)CC1.O=CO. The molecule has 0 radical (unpaired) electrons. The summed E-state index contributed by atoms with van der Waals surface area (Å²) in [5.74, 6) is 2.10. The summed E-state index contributed by atoms with van der Waals surface area (Å²) in [5, 5.41) is 13.8. The number of nitrogens with one attached hydrogen (secondary N) is 1. The lowest BCUT2D eigenvalue weighted by molar-refractivity contribution is -0.124. The first-order valence-corrected chi connectivity index (χ1v) is 10.8. The van der Waals surface area contributed by atoms with Gasteiger partial charge in [-0.3, -0.25) is 14.4 Å². The van der Waals surface area contributed by atoms with Crippen LogP contribution in [0.1, 0.15) is 73.2 Å². The highest BCUT2D eigenvalue weighted by molar-refractivity contribution is 5.96. The zero-order valence-electron chi connectivity index (χ0n) is 19.4. The van der Waals surface area contributed by atoms with Gasteiger partial charge in [0, 0.05) is 37.9 Å². The van der Waals surface area contributed by atoms with E-state index in [0.29, 0.717) is 42.6 Å². The van der Waals surface area contributed by atoms with Gasteiger partial charge >= 0.3 is 0 Å². The van der Waals surface area contributed by atoms with Crippen LogP contribution in [0, 0.1) is 19.8 Å². The van der Waals surface area contributed by atoms with Gasteiger partial charge in [-0.1, -0.05) is 19.0 Å². The molecule has 0 saturated carbocycles. The molecule has 10 nitrogen and oxygen atoms in total. The van der Waals surface area contributed by atoms with Gasteiger partial charge in [0.25, 0.3) is 12.4 Å². The highest BCUT2D eigenvalue weighted by atomic mass is 16.5. The largest absolute Gasteiger partial charge is 0.483 e. The quantitative estimate of drug-likeness (QED) is 0.651. The Hall–Kier alpha value is -3.17. The molecule has 0 bridgehead atoms. The number of carbonyl (C=O) groups excluding carboxylic acids is 2. The molecule has 2 amide bonds. The van der Waals surface area contributed by atoms with Crippen LogP contribution in [0.4, 0.5) is 0 Å². The van der Waals surface area contributed by atoms with Gasteiger partial charge in [-0.25, -0.2) is 4.98 Å². The third kappa shape index (κ3) is 5.95. The Morgan fingerprint density at radius 1 is 1.28 bits per heavy atom. The van der Waals surface area contributed by atoms with Crippen LogP contribution >= 0.6 is 0 Å². The molecule has 32 heavy (non-hydrogen) atoms. The van der Waals surface area contributed by atoms with Crippen LogP contribution in [-0.2, 0) is 9.59 Å². The molecule has 1 saturated heterocycles. The van der Waals surface area contributed by atoms with E-state index in [1.54, 1.807) is 20.0 Å². The Morgan fingerprint density at radius 2 is 1.91 bits per heavy atom. The number of hydrogen-bond donors (Lipinski definition) is 2. The van der Waals surface area contributed by atoms with Crippen LogP contribution in [0.25, 0.3) is 0 Å². The van der Waals surface area contributed by atoms with E-state index in [1.165, 1.54) is 0 Å². The van der Waals surface area contributed by atoms with Crippen molar-refractivity contribution in [2.24, 2.45) is 5.92 Å². The monoisotopic (exact) mass is 447 g/mol. The maximum atomic E-state index is 12.7. The lowest BCUT2D eigenvalue weighted by atomic mass is 9.96. The second-order valence-electron chi connectivity index (χ2n) is 8.31. The summed E-state index contributed by atoms with van der Waals surface area (Å²) in [7, 11) is 0. The summed E-state index contributed by atoms with van der Waals surface area (Å²) in [6.45, 7) is 11.3. The Labute approximate surface area is 188 Å². The van der Waals surface area contributed by atoms with Crippen LogP contribution in [-0.4, -0.2) is 62.6 Å². The molecule has 1 atom stereocenters. The molecule has 0 aromatic carbocycles. The molecule has 1 aliphatic rings. The van der Waals surface area contributed by atoms with Crippen molar-refractivity contribution >= 4 is 18.3 Å². The molecule has 2 N–H and O–H groups in total. The minimum absolute atomic E-state index is 0.000808. The number of likely N-dealkylation sites (tertiary alicyclic amines) is 1. The van der Waals surface area contributed by atoms with Gasteiger partial charge in [0.2, 0.25) is 5.91 Å². The Bertz CT molecular complexity index is 892. The molecule has 176 valence electrons. The van der Waals surface area contributed by atoms with Gasteiger partial charge in [0.05, 0.1) is 5.69 Å². The van der Waals surface area contributed by atoms with Gasteiger partial charge in [-0.2, -0.15) is 0 Å². The Balaban J connectivity index is 0.00000114. The van der Waals surface area contributed by atoms with Crippen molar-refractivity contribution in [3.05, 3.63) is 35.2 Å². The lowest BCUT2D eigenvalue weighted by Gasteiger charge is -2.32. The molecule has 1 aliphatic heterocycles. The zero-order chi connectivity index (χ0) is 23.8. The molecule has 3 heterocycles. The number of amides is 2. The van der Waals surface area contributed by atoms with Crippen molar-refractivity contribution in [1.82, 2.24) is 24.9 Å². The Kier molecular flexibility index (Phi) is 8.98. The summed E-state index contributed by atoms with van der Waals surface area (Å²) < 4.78 is 7.05. The number of piperidine rings is 1. The average molecular weight is 448 g/mol. The highest BCUT2D eigenvalue weighted by Crippen LogP contribution is 2.22. The number of hydrogen-bond acceptors (Lipinski definition) is 6. The van der Waals surface area contributed by atoms with Crippen molar-refractivity contribution in [3.63, 3.8) is 0 Å². The van der Waals surface area contributed by atoms with Gasteiger partial charge in [-0.05, 0) is 39.5 Å². The van der Waals surface area contributed by atoms with Gasteiger partial charge in [-0.15, -0.1) is 0 Å². The van der Waals surface area contributed by atoms with Gasteiger partial charge in [0.15, 0.2) is 0 Å². The number of rotatable bonds is 6. The number of nitrogens with zero attached hydrogens (tertiary/aromatic N) is 4. The molecule has 2 aromatic rings. The number of carbonyl (C=O) groups is 3. The van der Waals surface area contributed by atoms with Crippen LogP contribution in [0.15, 0.2) is 16.9 Å². The molecule has 10 heteroatoms. The number of imidazole rings is 1. The Morgan fingerprint density at radius 3 is 2.44 bits per heavy atom. The molecule has 1 fully saturated rings. The van der Waals surface area contributed by atoms with E-state index < -0.39 is 0 Å². The van der Waals surface area contributed by atoms with Crippen LogP contribution in [0.2, 0.25) is 0 Å². The number of aromatic nitrogens is 3. The van der Waals surface area contributed by atoms with Crippen LogP contribution in [0.5, 0.6) is 0 Å². The topological polar surface area (TPSA) is 131 Å². The highest BCUT2D eigenvalue weighted by Gasteiger charge is 2.28. The third-order valence-electron chi connectivity index (χ3n) is 5.73. The van der Waals surface area contributed by atoms with Crippen molar-refractivity contribution < 1.29 is 24.0 Å². The second kappa shape index (κ2) is 11.4. The zero-order valence-corrected chi connectivity index (χ0v) is 19.4. The van der Waals surface area contributed by atoms with Crippen molar-refractivity contribution in [2.75, 3.05) is 19.6 Å². The van der Waals surface area contributed by atoms with E-state index in [0.717, 1.165) is 18.7 Å². The molecule has 2 aromatic heterocycles. The van der Waals surface area contributed by atoms with Crippen molar-refractivity contribution in [1.29, 1.82) is 0 Å². The molecule has 1 unspecified atom stereocenters. The smallest absolute Gasteiger partial charge is 0.290 e. The van der Waals surface area contributed by atoms with E-state index in [-0.39, 0.29) is 30.2 Å². The average Bonchev–Trinajstić information content (AvgIpc) is 3.39. The maximum absolute atomic E-state index is 12.7. The maximum Gasteiger partial charge on any atom is 0.290 e. The van der Waals surface area contributed by atoms with E-state index in [9.17, 15) is 9.59 Å². The first kappa shape index (κ1) is 25.1. The third-order valence-corrected chi connectivity index (χ3v) is 5.73. The predicted octanol–water partition coefficient (Wildman–Crippen LogP) is 2.54. The molecule has 3 rings (SSSR count). The fourth-order valence-electron chi connectivity index (χ4n) is 3.90. The van der Waals surface area contributed by atoms with E-state index in [1.807, 2.05) is 22.6 Å². The first-order valence-electron chi connectivity index (χ1n) is 10.8. The second-order valence-corrected chi connectivity index (χ2v) is 8.31. The molecular weight excluding hydrogens is 414 g/mol.